The molecule has 32 heavy (non-hydrogen) atoms. The van der Waals surface area contributed by atoms with E-state index in [9.17, 15) is 14.7 Å². The maximum absolute atomic E-state index is 12.4. The lowest BCUT2D eigenvalue weighted by molar-refractivity contribution is 0.0728. The van der Waals surface area contributed by atoms with E-state index >= 15 is 0 Å². The number of nitrogens with zero attached hydrogens (tertiary/aromatic N) is 1. The first kappa shape index (κ1) is 22.4. The summed E-state index contributed by atoms with van der Waals surface area (Å²) in [6.45, 7) is 2.18. The second kappa shape index (κ2) is 10.6. The lowest BCUT2D eigenvalue weighted by Gasteiger charge is -2.11. The van der Waals surface area contributed by atoms with Crippen molar-refractivity contribution in [1.82, 2.24) is 5.43 Å². The minimum absolute atomic E-state index is 0.0706. The van der Waals surface area contributed by atoms with Crippen LogP contribution in [0.4, 0.5) is 0 Å². The average Bonchev–Trinajstić information content (AvgIpc) is 2.81. The first-order chi connectivity index (χ1) is 15.5. The number of hydrogen-bond acceptors (Lipinski definition) is 7. The van der Waals surface area contributed by atoms with Gasteiger partial charge in [-0.15, -0.1) is 0 Å². The Balaban J connectivity index is 1.69. The summed E-state index contributed by atoms with van der Waals surface area (Å²) >= 11 is 0. The number of benzene rings is 3. The summed E-state index contributed by atoms with van der Waals surface area (Å²) in [5, 5.41) is 13.2. The number of esters is 1. The number of carbonyl (C=O) groups is 2. The molecule has 3 aromatic carbocycles. The summed E-state index contributed by atoms with van der Waals surface area (Å²) in [7, 11) is 1.55. The van der Waals surface area contributed by atoms with E-state index in [-0.39, 0.29) is 11.5 Å². The molecule has 0 saturated heterocycles. The molecule has 3 aromatic rings. The highest BCUT2D eigenvalue weighted by Gasteiger charge is 2.13. The SMILES string of the molecule is CCOc1cc(C=NNC(=O)c2ccc(O)cc2)ccc1OC(=O)c1ccc(OC)cc1. The highest BCUT2D eigenvalue weighted by atomic mass is 16.6. The molecule has 0 atom stereocenters. The van der Waals surface area contributed by atoms with Crippen molar-refractivity contribution in [1.29, 1.82) is 0 Å². The van der Waals surface area contributed by atoms with Gasteiger partial charge in [0, 0.05) is 5.56 Å². The van der Waals surface area contributed by atoms with E-state index < -0.39 is 11.9 Å². The number of carbonyl (C=O) groups excluding carboxylic acids is 2. The molecular weight excluding hydrogens is 412 g/mol. The van der Waals surface area contributed by atoms with Gasteiger partial charge >= 0.3 is 5.97 Å². The van der Waals surface area contributed by atoms with Gasteiger partial charge in [-0.05, 0) is 79.2 Å². The quantitative estimate of drug-likeness (QED) is 0.242. The van der Waals surface area contributed by atoms with E-state index in [1.807, 2.05) is 6.92 Å². The van der Waals surface area contributed by atoms with Crippen LogP contribution in [0.25, 0.3) is 0 Å². The fraction of sp³-hybridized carbons (Fsp3) is 0.125. The maximum atomic E-state index is 12.4. The maximum Gasteiger partial charge on any atom is 0.343 e. The molecular formula is C24H22N2O6. The molecule has 0 unspecified atom stereocenters. The fourth-order valence-electron chi connectivity index (χ4n) is 2.69. The van der Waals surface area contributed by atoms with E-state index in [1.54, 1.807) is 49.6 Å². The lowest BCUT2D eigenvalue weighted by Crippen LogP contribution is -2.17. The number of ether oxygens (including phenoxy) is 3. The molecule has 8 heteroatoms. The monoisotopic (exact) mass is 434 g/mol. The second-order valence-electron chi connectivity index (χ2n) is 6.50. The molecule has 0 saturated carbocycles. The van der Waals surface area contributed by atoms with E-state index in [2.05, 4.69) is 10.5 Å². The average molecular weight is 434 g/mol. The van der Waals surface area contributed by atoms with Crippen LogP contribution in [0, 0.1) is 0 Å². The largest absolute Gasteiger partial charge is 0.508 e. The summed E-state index contributed by atoms with van der Waals surface area (Å²) in [6, 6.07) is 17.3. The summed E-state index contributed by atoms with van der Waals surface area (Å²) in [5.74, 6) is 0.382. The lowest BCUT2D eigenvalue weighted by atomic mass is 10.2. The normalized spacial score (nSPS) is 10.6. The van der Waals surface area contributed by atoms with Gasteiger partial charge in [0.05, 0.1) is 25.5 Å². The zero-order valence-corrected chi connectivity index (χ0v) is 17.6. The number of phenols is 1. The van der Waals surface area contributed by atoms with E-state index in [4.69, 9.17) is 14.2 Å². The van der Waals surface area contributed by atoms with Gasteiger partial charge in [0.25, 0.3) is 5.91 Å². The highest BCUT2D eigenvalue weighted by molar-refractivity contribution is 5.95. The van der Waals surface area contributed by atoms with Crippen LogP contribution in [0.1, 0.15) is 33.2 Å². The van der Waals surface area contributed by atoms with E-state index in [1.165, 1.54) is 30.5 Å². The third-order valence-electron chi connectivity index (χ3n) is 4.31. The Morgan fingerprint density at radius 1 is 0.969 bits per heavy atom. The number of amides is 1. The number of aromatic hydroxyl groups is 1. The Bertz CT molecular complexity index is 1110. The molecule has 164 valence electrons. The van der Waals surface area contributed by atoms with Crippen LogP contribution in [0.3, 0.4) is 0 Å². The Morgan fingerprint density at radius 2 is 1.66 bits per heavy atom. The molecule has 0 heterocycles. The van der Waals surface area contributed by atoms with Crippen LogP contribution in [-0.2, 0) is 0 Å². The van der Waals surface area contributed by atoms with Gasteiger partial charge in [-0.1, -0.05) is 0 Å². The van der Waals surface area contributed by atoms with Gasteiger partial charge in [0.15, 0.2) is 11.5 Å². The van der Waals surface area contributed by atoms with Crippen molar-refractivity contribution in [3.8, 4) is 23.0 Å². The van der Waals surface area contributed by atoms with Crippen molar-refractivity contribution < 1.29 is 28.9 Å². The second-order valence-corrected chi connectivity index (χ2v) is 6.50. The van der Waals surface area contributed by atoms with Crippen molar-refractivity contribution in [2.75, 3.05) is 13.7 Å². The number of hydrazone groups is 1. The molecule has 0 aliphatic heterocycles. The van der Waals surface area contributed by atoms with Gasteiger partial charge in [-0.25, -0.2) is 10.2 Å². The van der Waals surface area contributed by atoms with Crippen molar-refractivity contribution in [2.24, 2.45) is 5.10 Å². The number of nitrogens with one attached hydrogen (secondary N) is 1. The molecule has 0 spiro atoms. The number of hydrogen-bond donors (Lipinski definition) is 2. The van der Waals surface area contributed by atoms with Crippen molar-refractivity contribution >= 4 is 18.1 Å². The molecule has 0 radical (unpaired) electrons. The highest BCUT2D eigenvalue weighted by Crippen LogP contribution is 2.29. The van der Waals surface area contributed by atoms with E-state index in [0.717, 1.165) is 0 Å². The summed E-state index contributed by atoms with van der Waals surface area (Å²) in [5.41, 5.74) is 3.77. The number of rotatable bonds is 8. The molecule has 1 amide bonds. The third kappa shape index (κ3) is 5.85. The molecule has 2 N–H and O–H groups in total. The molecule has 8 nitrogen and oxygen atoms in total. The van der Waals surface area contributed by atoms with Crippen molar-refractivity contribution in [3.63, 3.8) is 0 Å². The van der Waals surface area contributed by atoms with Gasteiger partial charge in [0.2, 0.25) is 0 Å². The Labute approximate surface area is 185 Å². The minimum Gasteiger partial charge on any atom is -0.508 e. The first-order valence-electron chi connectivity index (χ1n) is 9.75. The third-order valence-corrected chi connectivity index (χ3v) is 4.31. The number of phenolic OH excluding ortho intramolecular Hbond substituents is 1. The summed E-state index contributed by atoms with van der Waals surface area (Å²) < 4.78 is 16.2. The predicted octanol–water partition coefficient (Wildman–Crippen LogP) is 3.78. The molecule has 0 aliphatic rings. The Kier molecular flexibility index (Phi) is 7.42. The van der Waals surface area contributed by atoms with Crippen LogP contribution >= 0.6 is 0 Å². The van der Waals surface area contributed by atoms with Crippen molar-refractivity contribution in [3.05, 3.63) is 83.4 Å². The Morgan fingerprint density at radius 3 is 2.31 bits per heavy atom. The van der Waals surface area contributed by atoms with Gasteiger partial charge in [0.1, 0.15) is 11.5 Å². The van der Waals surface area contributed by atoms with Crippen LogP contribution in [0.5, 0.6) is 23.0 Å². The zero-order chi connectivity index (χ0) is 22.9. The molecule has 0 aromatic heterocycles. The summed E-state index contributed by atoms with van der Waals surface area (Å²) in [4.78, 5) is 24.5. The molecule has 0 bridgehead atoms. The zero-order valence-electron chi connectivity index (χ0n) is 17.6. The van der Waals surface area contributed by atoms with Gasteiger partial charge in [-0.3, -0.25) is 4.79 Å². The number of methoxy groups -OCH3 is 1. The smallest absolute Gasteiger partial charge is 0.343 e. The van der Waals surface area contributed by atoms with Crippen LogP contribution < -0.4 is 19.6 Å². The van der Waals surface area contributed by atoms with Crippen LogP contribution in [0.2, 0.25) is 0 Å². The minimum atomic E-state index is -0.531. The van der Waals surface area contributed by atoms with Gasteiger partial charge < -0.3 is 19.3 Å². The Hall–Kier alpha value is -4.33. The molecule has 0 aliphatic carbocycles. The standard InChI is InChI=1S/C24H22N2O6/c1-3-31-22-14-16(15-25-26-23(28)17-5-9-19(27)10-6-17)4-13-21(22)32-24(29)18-7-11-20(30-2)12-8-18/h4-15,27H,3H2,1-2H3,(H,26,28). The van der Waals surface area contributed by atoms with Crippen LogP contribution in [-0.4, -0.2) is 36.9 Å². The molecule has 0 fully saturated rings. The van der Waals surface area contributed by atoms with E-state index in [0.29, 0.717) is 34.8 Å². The van der Waals surface area contributed by atoms with Gasteiger partial charge in [-0.2, -0.15) is 5.10 Å². The predicted molar refractivity (Wildman–Crippen MR) is 119 cm³/mol. The fourth-order valence-corrected chi connectivity index (χ4v) is 2.69. The molecule has 3 rings (SSSR count). The van der Waals surface area contributed by atoms with Crippen molar-refractivity contribution in [2.45, 2.75) is 6.92 Å². The van der Waals surface area contributed by atoms with Crippen LogP contribution in [0.15, 0.2) is 71.8 Å². The summed E-state index contributed by atoms with van der Waals surface area (Å²) in [6.07, 6.45) is 1.44. The first-order valence-corrected chi connectivity index (χ1v) is 9.75. The topological polar surface area (TPSA) is 106 Å².